The second-order valence-corrected chi connectivity index (χ2v) is 2.91. The van der Waals surface area contributed by atoms with Gasteiger partial charge in [0.25, 0.3) is 0 Å². The van der Waals surface area contributed by atoms with E-state index in [9.17, 15) is 9.59 Å². The summed E-state index contributed by atoms with van der Waals surface area (Å²) >= 11 is 0. The fourth-order valence-electron chi connectivity index (χ4n) is 1.18. The van der Waals surface area contributed by atoms with Crippen LogP contribution < -0.4 is 17.0 Å². The number of rotatable bonds is 0. The van der Waals surface area contributed by atoms with Gasteiger partial charge >= 0.3 is 11.3 Å². The van der Waals surface area contributed by atoms with E-state index in [0.717, 1.165) is 0 Å². The van der Waals surface area contributed by atoms with Gasteiger partial charge in [0.1, 0.15) is 0 Å². The molecule has 1 aromatic heterocycles. The summed E-state index contributed by atoms with van der Waals surface area (Å²) in [6.07, 6.45) is 0. The first kappa shape index (κ1) is 8.55. The van der Waals surface area contributed by atoms with E-state index >= 15 is 0 Å². The van der Waals surface area contributed by atoms with E-state index < -0.39 is 11.3 Å². The molecule has 5 heteroatoms. The van der Waals surface area contributed by atoms with Crippen molar-refractivity contribution >= 4 is 16.9 Å². The van der Waals surface area contributed by atoms with Gasteiger partial charge in [0.2, 0.25) is 0 Å². The topological polar surface area (TPSA) is 86.4 Å². The Morgan fingerprint density at radius 2 is 1.64 bits per heavy atom. The maximum Gasteiger partial charge on any atom is 0.423 e. The third-order valence-electron chi connectivity index (χ3n) is 1.90. The summed E-state index contributed by atoms with van der Waals surface area (Å²) in [4.78, 5) is 21.8. The van der Waals surface area contributed by atoms with Crippen LogP contribution >= 0.6 is 0 Å². The van der Waals surface area contributed by atoms with Crippen molar-refractivity contribution < 1.29 is 8.83 Å². The summed E-state index contributed by atoms with van der Waals surface area (Å²) in [5.74, 6) is 0. The van der Waals surface area contributed by atoms with Gasteiger partial charge in [-0.05, 0) is 18.6 Å². The molecule has 0 unspecified atom stereocenters. The Balaban J connectivity index is 3.09. The highest BCUT2D eigenvalue weighted by atomic mass is 16.5. The second-order valence-electron chi connectivity index (χ2n) is 2.91. The number of nitrogens with two attached hydrogens (primary N) is 1. The molecule has 5 nitrogen and oxygen atoms in total. The van der Waals surface area contributed by atoms with Crippen LogP contribution in [0.2, 0.25) is 0 Å². The van der Waals surface area contributed by atoms with E-state index in [0.29, 0.717) is 5.56 Å². The van der Waals surface area contributed by atoms with Gasteiger partial charge in [-0.1, -0.05) is 6.07 Å². The number of anilines is 1. The van der Waals surface area contributed by atoms with Gasteiger partial charge < -0.3 is 14.6 Å². The number of hydrogen-bond acceptors (Lipinski definition) is 5. The first-order valence-electron chi connectivity index (χ1n) is 3.92. The van der Waals surface area contributed by atoms with Crippen LogP contribution in [-0.2, 0) is 0 Å². The quantitative estimate of drug-likeness (QED) is 0.490. The summed E-state index contributed by atoms with van der Waals surface area (Å²) in [7, 11) is 0. The standard InChI is InChI=1S/C9H7NO4/c1-4-2-3-5(10)7-6(4)13-8(11)9(12)14-7/h2-3H,10H2,1H3. The molecular formula is C9H7NO4. The van der Waals surface area contributed by atoms with Crippen molar-refractivity contribution in [1.29, 1.82) is 0 Å². The van der Waals surface area contributed by atoms with Crippen molar-refractivity contribution in [3.63, 3.8) is 0 Å². The van der Waals surface area contributed by atoms with Crippen molar-refractivity contribution in [3.05, 3.63) is 38.5 Å². The molecule has 14 heavy (non-hydrogen) atoms. The van der Waals surface area contributed by atoms with Crippen LogP contribution in [0.5, 0.6) is 0 Å². The van der Waals surface area contributed by atoms with E-state index in [1.807, 2.05) is 0 Å². The zero-order valence-electron chi connectivity index (χ0n) is 7.37. The van der Waals surface area contributed by atoms with Gasteiger partial charge in [0, 0.05) is 0 Å². The zero-order chi connectivity index (χ0) is 10.3. The molecule has 2 N–H and O–H groups in total. The van der Waals surface area contributed by atoms with E-state index in [1.54, 1.807) is 19.1 Å². The molecule has 72 valence electrons. The van der Waals surface area contributed by atoms with Gasteiger partial charge in [0.05, 0.1) is 5.69 Å². The lowest BCUT2D eigenvalue weighted by Crippen LogP contribution is -2.21. The number of benzene rings is 1. The van der Waals surface area contributed by atoms with E-state index in [1.165, 1.54) is 0 Å². The molecule has 0 aliphatic carbocycles. The molecule has 0 fully saturated rings. The molecule has 2 rings (SSSR count). The molecule has 0 saturated heterocycles. The molecule has 0 radical (unpaired) electrons. The summed E-state index contributed by atoms with van der Waals surface area (Å²) in [6.45, 7) is 1.73. The van der Waals surface area contributed by atoms with Crippen LogP contribution in [0, 0.1) is 6.92 Å². The lowest BCUT2D eigenvalue weighted by molar-refractivity contribution is 0.448. The molecule has 1 heterocycles. The lowest BCUT2D eigenvalue weighted by Gasteiger charge is -2.00. The SMILES string of the molecule is Cc1ccc(N)c2oc(=O)c(=O)oc12. The largest absolute Gasteiger partial charge is 0.423 e. The maximum absolute atomic E-state index is 10.9. The van der Waals surface area contributed by atoms with Crippen molar-refractivity contribution in [2.24, 2.45) is 0 Å². The molecule has 2 aromatic rings. The molecule has 0 spiro atoms. The highest BCUT2D eigenvalue weighted by molar-refractivity contribution is 5.84. The summed E-state index contributed by atoms with van der Waals surface area (Å²) in [6, 6.07) is 3.27. The third-order valence-corrected chi connectivity index (χ3v) is 1.90. The smallest absolute Gasteiger partial charge is 0.414 e. The van der Waals surface area contributed by atoms with E-state index in [4.69, 9.17) is 14.6 Å². The minimum absolute atomic E-state index is 0.120. The lowest BCUT2D eigenvalue weighted by atomic mass is 10.2. The predicted molar refractivity (Wildman–Crippen MR) is 50.2 cm³/mol. The Hall–Kier alpha value is -2.04. The van der Waals surface area contributed by atoms with Crippen LogP contribution in [0.25, 0.3) is 11.2 Å². The van der Waals surface area contributed by atoms with Crippen LogP contribution in [0.1, 0.15) is 5.56 Å². The van der Waals surface area contributed by atoms with Crippen LogP contribution in [0.15, 0.2) is 30.6 Å². The van der Waals surface area contributed by atoms with Crippen LogP contribution in [0.3, 0.4) is 0 Å². The van der Waals surface area contributed by atoms with Gasteiger partial charge in [-0.2, -0.15) is 0 Å². The number of hydrogen-bond donors (Lipinski definition) is 1. The molecule has 0 amide bonds. The van der Waals surface area contributed by atoms with Crippen LogP contribution in [0.4, 0.5) is 5.69 Å². The normalized spacial score (nSPS) is 10.6. The minimum atomic E-state index is -1.05. The van der Waals surface area contributed by atoms with Gasteiger partial charge in [-0.3, -0.25) is 0 Å². The Kier molecular flexibility index (Phi) is 1.67. The molecular weight excluding hydrogens is 186 g/mol. The number of nitrogen functional groups attached to an aromatic ring is 1. The van der Waals surface area contributed by atoms with Crippen molar-refractivity contribution in [3.8, 4) is 0 Å². The first-order valence-corrected chi connectivity index (χ1v) is 3.92. The summed E-state index contributed by atoms with van der Waals surface area (Å²) in [5.41, 5.74) is 4.78. The van der Waals surface area contributed by atoms with Crippen molar-refractivity contribution in [2.75, 3.05) is 5.73 Å². The fourth-order valence-corrected chi connectivity index (χ4v) is 1.18. The summed E-state index contributed by atoms with van der Waals surface area (Å²) in [5, 5.41) is 0. The molecule has 1 aromatic carbocycles. The molecule has 0 aliphatic rings. The van der Waals surface area contributed by atoms with Crippen molar-refractivity contribution in [1.82, 2.24) is 0 Å². The Morgan fingerprint density at radius 3 is 2.29 bits per heavy atom. The van der Waals surface area contributed by atoms with Crippen LogP contribution in [-0.4, -0.2) is 0 Å². The number of aryl methyl sites for hydroxylation is 1. The highest BCUT2D eigenvalue weighted by Crippen LogP contribution is 2.21. The van der Waals surface area contributed by atoms with Gasteiger partial charge in [-0.15, -0.1) is 0 Å². The summed E-state index contributed by atoms with van der Waals surface area (Å²) < 4.78 is 9.48. The molecule has 0 bridgehead atoms. The monoisotopic (exact) mass is 193 g/mol. The second kappa shape index (κ2) is 2.73. The molecule has 0 aliphatic heterocycles. The van der Waals surface area contributed by atoms with Crippen molar-refractivity contribution in [2.45, 2.75) is 6.92 Å². The van der Waals surface area contributed by atoms with Gasteiger partial charge in [-0.25, -0.2) is 9.59 Å². The average molecular weight is 193 g/mol. The minimum Gasteiger partial charge on any atom is -0.414 e. The Bertz CT molecular complexity index is 554. The zero-order valence-corrected chi connectivity index (χ0v) is 7.37. The molecule has 0 atom stereocenters. The van der Waals surface area contributed by atoms with E-state index in [2.05, 4.69) is 0 Å². The van der Waals surface area contributed by atoms with Gasteiger partial charge in [0.15, 0.2) is 11.2 Å². The predicted octanol–water partition coefficient (Wildman–Crippen LogP) is 0.637. The Labute approximate surface area is 77.8 Å². The van der Waals surface area contributed by atoms with E-state index in [-0.39, 0.29) is 16.9 Å². The maximum atomic E-state index is 10.9. The number of fused-ring (bicyclic) bond motifs is 1. The first-order chi connectivity index (χ1) is 6.59. The fraction of sp³-hybridized carbons (Fsp3) is 0.111. The Morgan fingerprint density at radius 1 is 1.07 bits per heavy atom. The third kappa shape index (κ3) is 1.10. The highest BCUT2D eigenvalue weighted by Gasteiger charge is 2.09. The molecule has 0 saturated carbocycles. The average Bonchev–Trinajstić information content (AvgIpc) is 2.15.